The second-order valence-corrected chi connectivity index (χ2v) is 18.6. The van der Waals surface area contributed by atoms with Gasteiger partial charge in [-0.2, -0.15) is 7.11 Å². The molecule has 62 heavy (non-hydrogen) atoms. The van der Waals surface area contributed by atoms with Gasteiger partial charge in [-0.1, -0.05) is 151 Å². The van der Waals surface area contributed by atoms with E-state index < -0.39 is 12.7 Å². The van der Waals surface area contributed by atoms with E-state index in [1.54, 1.807) is 12.1 Å². The van der Waals surface area contributed by atoms with E-state index in [0.717, 1.165) is 89.2 Å². The van der Waals surface area contributed by atoms with Crippen LogP contribution in [0.25, 0.3) is 72.7 Å². The van der Waals surface area contributed by atoms with Crippen LogP contribution in [0.5, 0.6) is 5.75 Å². The number of ether oxygens (including phenoxy) is 1. The van der Waals surface area contributed by atoms with Gasteiger partial charge in [0.1, 0.15) is 5.82 Å². The van der Waals surface area contributed by atoms with Gasteiger partial charge in [0.25, 0.3) is 0 Å². The molecule has 0 bridgehead atoms. The maximum absolute atomic E-state index is 8.49. The molecule has 0 saturated heterocycles. The zero-order valence-corrected chi connectivity index (χ0v) is 39.7. The summed E-state index contributed by atoms with van der Waals surface area (Å²) < 4.78 is 41.8. The molecule has 0 radical (unpaired) electrons. The van der Waals surface area contributed by atoms with Crippen LogP contribution in [0.4, 0.5) is 0 Å². The van der Waals surface area contributed by atoms with Crippen molar-refractivity contribution in [3.8, 4) is 67.5 Å². The quantitative estimate of drug-likeness (QED) is 0.142. The van der Waals surface area contributed by atoms with Crippen molar-refractivity contribution in [2.45, 2.75) is 92.8 Å². The van der Waals surface area contributed by atoms with Crippen LogP contribution in [0.3, 0.4) is 0 Å². The molecule has 316 valence electrons. The molecule has 0 N–H and O–H groups in total. The fourth-order valence-corrected chi connectivity index (χ4v) is 8.20. The zero-order chi connectivity index (χ0) is 46.8. The van der Waals surface area contributed by atoms with E-state index in [4.69, 9.17) is 20.2 Å². The number of hydrogen-bond donors (Lipinski definition) is 0. The van der Waals surface area contributed by atoms with Crippen LogP contribution in [0, 0.1) is 33.9 Å². The van der Waals surface area contributed by atoms with Crippen LogP contribution in [-0.4, -0.2) is 14.5 Å². The van der Waals surface area contributed by atoms with Crippen LogP contribution < -0.4 is 4.74 Å². The third-order valence-corrected chi connectivity index (χ3v) is 11.6. The first-order chi connectivity index (χ1) is 30.5. The summed E-state index contributed by atoms with van der Waals surface area (Å²) in [6, 6.07) is 44.7. The van der Waals surface area contributed by atoms with Gasteiger partial charge >= 0.3 is 21.1 Å². The number of benzene rings is 6. The smallest absolute Gasteiger partial charge is 0.665 e. The monoisotopic (exact) mass is 998 g/mol. The number of para-hydroxylation sites is 1. The number of hydrogen-bond acceptors (Lipinski definition) is 3. The Kier molecular flexibility index (Phi) is 11.0. The van der Waals surface area contributed by atoms with E-state index >= 15 is 0 Å². The predicted octanol–water partition coefficient (Wildman–Crippen LogP) is 15.4. The first kappa shape index (κ1) is 39.3. The van der Waals surface area contributed by atoms with Crippen molar-refractivity contribution >= 4 is 11.0 Å². The number of fused-ring (bicyclic) bond motifs is 1. The average Bonchev–Trinajstić information content (AvgIpc) is 3.64. The number of nitrogens with zero attached hydrogens (tertiary/aromatic N) is 3. The Hall–Kier alpha value is -5.57. The molecule has 0 aliphatic heterocycles. The van der Waals surface area contributed by atoms with Gasteiger partial charge in [-0.25, -0.2) is 4.98 Å². The van der Waals surface area contributed by atoms with Crippen LogP contribution in [0.15, 0.2) is 128 Å². The normalized spacial score (nSPS) is 13.2. The molecule has 0 atom stereocenters. The Morgan fingerprint density at radius 2 is 1.37 bits per heavy atom. The van der Waals surface area contributed by atoms with Crippen molar-refractivity contribution in [3.63, 3.8) is 0 Å². The molecular formula is C57H57N3OPt. The Morgan fingerprint density at radius 1 is 0.694 bits per heavy atom. The maximum atomic E-state index is 8.49. The van der Waals surface area contributed by atoms with E-state index in [2.05, 4.69) is 145 Å². The van der Waals surface area contributed by atoms with Crippen LogP contribution in [-0.2, 0) is 31.9 Å². The van der Waals surface area contributed by atoms with Crippen molar-refractivity contribution in [2.24, 2.45) is 0 Å². The third kappa shape index (κ3) is 8.73. The largest absolute Gasteiger partial charge is 2.00 e. The minimum atomic E-state index is -2.32. The van der Waals surface area contributed by atoms with Gasteiger partial charge in [-0.15, -0.1) is 29.3 Å². The van der Waals surface area contributed by atoms with E-state index in [0.29, 0.717) is 11.6 Å². The van der Waals surface area contributed by atoms with Crippen molar-refractivity contribution < 1.29 is 31.3 Å². The zero-order valence-electron chi connectivity index (χ0n) is 41.4. The van der Waals surface area contributed by atoms with Crippen LogP contribution in [0.1, 0.15) is 100 Å². The van der Waals surface area contributed by atoms with Gasteiger partial charge in [0.15, 0.2) is 0 Å². The third-order valence-electron chi connectivity index (χ3n) is 11.6. The molecular weight excluding hydrogens is 938 g/mol. The summed E-state index contributed by atoms with van der Waals surface area (Å²) in [5, 5.41) is 0. The first-order valence-electron chi connectivity index (χ1n) is 23.0. The van der Waals surface area contributed by atoms with Gasteiger partial charge in [-0.05, 0) is 107 Å². The van der Waals surface area contributed by atoms with Crippen molar-refractivity contribution in [2.75, 3.05) is 0 Å². The molecule has 0 spiro atoms. The van der Waals surface area contributed by atoms with E-state index in [9.17, 15) is 0 Å². The summed E-state index contributed by atoms with van der Waals surface area (Å²) >= 11 is 0. The Balaban J connectivity index is 0.00000648. The van der Waals surface area contributed by atoms with Crippen molar-refractivity contribution in [1.29, 1.82) is 0 Å². The van der Waals surface area contributed by atoms with Gasteiger partial charge in [0.05, 0.1) is 28.0 Å². The SMILES string of the molecule is [2H]C([2H])([2H])c1ccc(-n2c(-c3cc(C)cc(C)c3O[CH2-])nc3c(-c4[c-]c(-c5cc(-c6ccc(C([2H])(C)C)cc6)ccn5)cc(C(C)(C)C)c4)cccc32)c(-c2ccc(C(C)(C)C)cc2)c1.[Pt+2]. The number of aromatic nitrogens is 3. The minimum Gasteiger partial charge on any atom is -0.665 e. The Bertz CT molecular complexity index is 3070. The van der Waals surface area contributed by atoms with Gasteiger partial charge < -0.3 is 4.74 Å². The molecule has 2 heterocycles. The summed E-state index contributed by atoms with van der Waals surface area (Å²) in [6.07, 6.45) is 1.84. The fraction of sp³-hybridized carbons (Fsp3) is 0.246. The molecule has 6 aromatic carbocycles. The van der Waals surface area contributed by atoms with Crippen LogP contribution >= 0.6 is 0 Å². The first-order valence-corrected chi connectivity index (χ1v) is 21.0. The van der Waals surface area contributed by atoms with Crippen LogP contribution in [0.2, 0.25) is 0 Å². The molecule has 8 rings (SSSR count). The molecule has 0 aliphatic rings. The molecule has 0 unspecified atom stereocenters. The summed E-state index contributed by atoms with van der Waals surface area (Å²) in [5.41, 5.74) is 15.4. The van der Waals surface area contributed by atoms with Gasteiger partial charge in [0, 0.05) is 22.9 Å². The number of aryl methyl sites for hydroxylation is 3. The van der Waals surface area contributed by atoms with Gasteiger partial charge in [-0.3, -0.25) is 9.55 Å². The van der Waals surface area contributed by atoms with Crippen molar-refractivity contribution in [1.82, 2.24) is 14.5 Å². The molecule has 0 amide bonds. The Labute approximate surface area is 389 Å². The van der Waals surface area contributed by atoms with E-state index in [1.165, 1.54) is 5.56 Å². The Morgan fingerprint density at radius 3 is 2.03 bits per heavy atom. The molecule has 2 aromatic heterocycles. The second-order valence-electron chi connectivity index (χ2n) is 18.6. The molecule has 0 aliphatic carbocycles. The number of imidazole rings is 1. The standard InChI is InChI=1S/C57H57N3O.Pt/c1-35(2)39-17-19-40(20-18-39)42-26-27-58-50(34-42)44-31-43(32-46(33-44)57(9,10)11)47-14-13-15-52-53(47)59-55(49-30-37(4)28-38(5)54(49)61-12)60(52)51-25-16-36(3)29-48(51)41-21-23-45(24-22-41)56(6,7)8;/h13-30,32-35H,12H2,1-11H3;/q-2;+2/i3D3,35D;. The van der Waals surface area contributed by atoms with E-state index in [1.807, 2.05) is 57.3 Å². The average molecular weight is 999 g/mol. The van der Waals surface area contributed by atoms with E-state index in [-0.39, 0.29) is 37.5 Å². The topological polar surface area (TPSA) is 39.9 Å². The second kappa shape index (κ2) is 17.3. The molecule has 4 nitrogen and oxygen atoms in total. The summed E-state index contributed by atoms with van der Waals surface area (Å²) in [6.45, 7) is 18.7. The summed E-state index contributed by atoms with van der Waals surface area (Å²) in [5.74, 6) is 0.554. The molecule has 5 heteroatoms. The molecule has 8 aromatic rings. The van der Waals surface area contributed by atoms with Gasteiger partial charge in [0.2, 0.25) is 0 Å². The predicted molar refractivity (Wildman–Crippen MR) is 257 cm³/mol. The minimum absolute atomic E-state index is 0. The summed E-state index contributed by atoms with van der Waals surface area (Å²) in [4.78, 5) is 10.4. The maximum Gasteiger partial charge on any atom is 2.00 e. The molecule has 0 fully saturated rings. The number of pyridine rings is 1. The number of rotatable bonds is 8. The molecule has 0 saturated carbocycles. The summed E-state index contributed by atoms with van der Waals surface area (Å²) in [7, 11) is 3.88. The fourth-order valence-electron chi connectivity index (χ4n) is 8.20. The van der Waals surface area contributed by atoms with Crippen molar-refractivity contribution in [3.05, 3.63) is 174 Å².